The van der Waals surface area contributed by atoms with E-state index in [1.807, 2.05) is 0 Å². The molecule has 0 heterocycles. The Labute approximate surface area is 115 Å². The second-order valence-corrected chi connectivity index (χ2v) is 7.35. The molecule has 0 aromatic rings. The lowest BCUT2D eigenvalue weighted by Crippen LogP contribution is -2.36. The lowest BCUT2D eigenvalue weighted by Gasteiger charge is -2.30. The predicted octanol–water partition coefficient (Wildman–Crippen LogP) is 1.72. The maximum Gasteiger partial charge on any atom is 0.211 e. The molecule has 0 aliphatic heterocycles. The van der Waals surface area contributed by atoms with Crippen LogP contribution >= 0.6 is 11.6 Å². The van der Waals surface area contributed by atoms with Crippen LogP contribution in [0.5, 0.6) is 0 Å². The van der Waals surface area contributed by atoms with Crippen LogP contribution in [0.4, 0.5) is 0 Å². The van der Waals surface area contributed by atoms with E-state index in [1.165, 1.54) is 0 Å². The van der Waals surface area contributed by atoms with Crippen molar-refractivity contribution in [1.29, 1.82) is 0 Å². The molecule has 2 atom stereocenters. The fourth-order valence-corrected chi connectivity index (χ4v) is 3.87. The maximum atomic E-state index is 11.7. The van der Waals surface area contributed by atoms with Gasteiger partial charge in [0.1, 0.15) is 0 Å². The number of nitrogens with one attached hydrogen (secondary N) is 1. The predicted molar refractivity (Wildman–Crippen MR) is 74.3 cm³/mol. The molecule has 0 radical (unpaired) electrons. The van der Waals surface area contributed by atoms with Gasteiger partial charge in [-0.1, -0.05) is 12.8 Å². The molecule has 0 amide bonds. The van der Waals surface area contributed by atoms with Gasteiger partial charge in [0.05, 0.1) is 5.75 Å². The van der Waals surface area contributed by atoms with E-state index in [4.69, 9.17) is 11.6 Å². The fraction of sp³-hybridized carbons (Fsp3) is 1.00. The maximum absolute atomic E-state index is 11.7. The third-order valence-electron chi connectivity index (χ3n) is 3.66. The Balaban J connectivity index is 2.33. The highest BCUT2D eigenvalue weighted by molar-refractivity contribution is 7.89. The van der Waals surface area contributed by atoms with Gasteiger partial charge >= 0.3 is 0 Å². The van der Waals surface area contributed by atoms with Crippen molar-refractivity contribution >= 4 is 21.6 Å². The topological polar surface area (TPSA) is 66.4 Å². The molecule has 0 aromatic carbocycles. The number of halogens is 1. The lowest BCUT2D eigenvalue weighted by atomic mass is 9.80. The summed E-state index contributed by atoms with van der Waals surface area (Å²) in [7, 11) is -3.18. The van der Waals surface area contributed by atoms with E-state index in [1.54, 1.807) is 0 Å². The van der Waals surface area contributed by atoms with Crippen molar-refractivity contribution in [1.82, 2.24) is 4.72 Å². The van der Waals surface area contributed by atoms with Crippen LogP contribution in [0.1, 0.15) is 38.5 Å². The van der Waals surface area contributed by atoms with E-state index in [2.05, 4.69) is 4.72 Å². The molecule has 1 fully saturated rings. The number of hydrogen-bond donors (Lipinski definition) is 2. The summed E-state index contributed by atoms with van der Waals surface area (Å²) in [4.78, 5) is 0. The minimum atomic E-state index is -3.18. The van der Waals surface area contributed by atoms with E-state index < -0.39 is 10.0 Å². The Morgan fingerprint density at radius 2 is 1.83 bits per heavy atom. The molecule has 18 heavy (non-hydrogen) atoms. The second-order valence-electron chi connectivity index (χ2n) is 5.05. The van der Waals surface area contributed by atoms with Gasteiger partial charge in [-0.05, 0) is 37.5 Å². The average Bonchev–Trinajstić information content (AvgIpc) is 2.37. The van der Waals surface area contributed by atoms with E-state index in [9.17, 15) is 13.5 Å². The lowest BCUT2D eigenvalue weighted by molar-refractivity contribution is 0.136. The quantitative estimate of drug-likeness (QED) is 0.529. The van der Waals surface area contributed by atoms with Gasteiger partial charge in [-0.15, -0.1) is 11.6 Å². The normalized spacial score (nSPS) is 25.2. The van der Waals surface area contributed by atoms with Crippen molar-refractivity contribution in [3.05, 3.63) is 0 Å². The van der Waals surface area contributed by atoms with Gasteiger partial charge in [-0.25, -0.2) is 13.1 Å². The molecule has 4 nitrogen and oxygen atoms in total. The highest BCUT2D eigenvalue weighted by Gasteiger charge is 2.25. The molecule has 0 aromatic heterocycles. The summed E-state index contributed by atoms with van der Waals surface area (Å²) < 4.78 is 26.1. The van der Waals surface area contributed by atoms with Gasteiger partial charge < -0.3 is 5.11 Å². The molecule has 6 heteroatoms. The molecule has 108 valence electrons. The number of hydrogen-bond acceptors (Lipinski definition) is 3. The minimum absolute atomic E-state index is 0.149. The Morgan fingerprint density at radius 3 is 2.44 bits per heavy atom. The van der Waals surface area contributed by atoms with E-state index in [0.29, 0.717) is 18.8 Å². The molecule has 1 aliphatic rings. The minimum Gasteiger partial charge on any atom is -0.396 e. The van der Waals surface area contributed by atoms with Gasteiger partial charge in [0.15, 0.2) is 0 Å². The molecule has 0 saturated heterocycles. The summed E-state index contributed by atoms with van der Waals surface area (Å²) in [5, 5.41) is 9.27. The summed E-state index contributed by atoms with van der Waals surface area (Å²) in [5.41, 5.74) is 0. The van der Waals surface area contributed by atoms with Crippen LogP contribution in [0.15, 0.2) is 0 Å². The van der Waals surface area contributed by atoms with E-state index in [-0.39, 0.29) is 24.2 Å². The van der Waals surface area contributed by atoms with Crippen LogP contribution in [0, 0.1) is 11.8 Å². The molecule has 1 saturated carbocycles. The van der Waals surface area contributed by atoms with Crippen LogP contribution in [0.3, 0.4) is 0 Å². The second kappa shape index (κ2) is 8.35. The zero-order valence-corrected chi connectivity index (χ0v) is 12.3. The van der Waals surface area contributed by atoms with Crippen molar-refractivity contribution in [2.45, 2.75) is 38.5 Å². The summed E-state index contributed by atoms with van der Waals surface area (Å²) in [6, 6.07) is 0. The van der Waals surface area contributed by atoms with Crippen molar-refractivity contribution in [3.63, 3.8) is 0 Å². The Bertz CT molecular complexity index is 321. The van der Waals surface area contributed by atoms with Crippen LogP contribution in [-0.2, 0) is 10.0 Å². The Morgan fingerprint density at radius 1 is 1.17 bits per heavy atom. The van der Waals surface area contributed by atoms with Gasteiger partial charge in [0.2, 0.25) is 10.0 Å². The Kier molecular flexibility index (Phi) is 7.53. The third kappa shape index (κ3) is 5.87. The summed E-state index contributed by atoms with van der Waals surface area (Å²) in [5.74, 6) is 1.19. The van der Waals surface area contributed by atoms with Gasteiger partial charge in [-0.3, -0.25) is 0 Å². The van der Waals surface area contributed by atoms with Crippen LogP contribution < -0.4 is 4.72 Å². The molecular weight excluding hydrogens is 274 g/mol. The number of rotatable bonds is 8. The number of sulfonamides is 1. The number of aliphatic hydroxyl groups is 1. The van der Waals surface area contributed by atoms with E-state index >= 15 is 0 Å². The first-order valence-corrected chi connectivity index (χ1v) is 8.92. The first-order valence-electron chi connectivity index (χ1n) is 6.73. The molecule has 2 N–H and O–H groups in total. The van der Waals surface area contributed by atoms with Crippen LogP contribution in [0.25, 0.3) is 0 Å². The van der Waals surface area contributed by atoms with Gasteiger partial charge in [0.25, 0.3) is 0 Å². The summed E-state index contributed by atoms with van der Waals surface area (Å²) in [6.45, 7) is 0.632. The highest BCUT2D eigenvalue weighted by Crippen LogP contribution is 2.29. The molecule has 2 unspecified atom stereocenters. The average molecular weight is 298 g/mol. The van der Waals surface area contributed by atoms with Crippen molar-refractivity contribution in [3.8, 4) is 0 Å². The van der Waals surface area contributed by atoms with Crippen LogP contribution in [0.2, 0.25) is 0 Å². The largest absolute Gasteiger partial charge is 0.396 e. The highest BCUT2D eigenvalue weighted by atomic mass is 35.5. The summed E-state index contributed by atoms with van der Waals surface area (Å²) in [6.07, 6.45) is 5.63. The zero-order valence-electron chi connectivity index (χ0n) is 10.8. The number of alkyl halides is 1. The van der Waals surface area contributed by atoms with Crippen molar-refractivity contribution in [2.24, 2.45) is 11.8 Å². The van der Waals surface area contributed by atoms with E-state index in [0.717, 1.165) is 32.1 Å². The number of aliphatic hydroxyl groups excluding tert-OH is 1. The van der Waals surface area contributed by atoms with Crippen LogP contribution in [-0.4, -0.2) is 38.3 Å². The van der Waals surface area contributed by atoms with Gasteiger partial charge in [-0.2, -0.15) is 0 Å². The Hall–Kier alpha value is 0.160. The fourth-order valence-electron chi connectivity index (χ4n) is 2.49. The van der Waals surface area contributed by atoms with Crippen molar-refractivity contribution in [2.75, 3.05) is 24.8 Å². The SMILES string of the molecule is O=S(=O)(CCCCCl)NCC1CCCCC1CO. The number of unbranched alkanes of at least 4 members (excludes halogenated alkanes) is 1. The zero-order chi connectivity index (χ0) is 13.4. The standard InChI is InChI=1S/C12H24ClNO3S/c13-7-3-4-8-18(16,17)14-9-11-5-1-2-6-12(11)10-15/h11-12,14-15H,1-10H2. The first-order chi connectivity index (χ1) is 8.59. The third-order valence-corrected chi connectivity index (χ3v) is 5.36. The van der Waals surface area contributed by atoms with Gasteiger partial charge in [0, 0.05) is 19.0 Å². The molecule has 0 bridgehead atoms. The molecule has 1 rings (SSSR count). The smallest absolute Gasteiger partial charge is 0.211 e. The molecule has 1 aliphatic carbocycles. The first kappa shape index (κ1) is 16.2. The van der Waals surface area contributed by atoms with Crippen molar-refractivity contribution < 1.29 is 13.5 Å². The molecule has 0 spiro atoms. The molecular formula is C12H24ClNO3S. The monoisotopic (exact) mass is 297 g/mol. The summed E-state index contributed by atoms with van der Waals surface area (Å²) >= 11 is 5.52.